The molecule has 0 aliphatic carbocycles. The molecule has 26 heavy (non-hydrogen) atoms. The van der Waals surface area contributed by atoms with Crippen LogP contribution in [0.1, 0.15) is 11.3 Å². The van der Waals surface area contributed by atoms with Crippen LogP contribution in [0.3, 0.4) is 0 Å². The second kappa shape index (κ2) is 5.59. The number of benzene rings is 2. The number of fused-ring (bicyclic) bond motifs is 2. The van der Waals surface area contributed by atoms with Crippen molar-refractivity contribution in [2.75, 3.05) is 6.61 Å². The summed E-state index contributed by atoms with van der Waals surface area (Å²) in [5, 5.41) is 4.43. The molecule has 0 fully saturated rings. The first-order valence-electron chi connectivity index (χ1n) is 8.65. The van der Waals surface area contributed by atoms with Crippen LogP contribution in [0.15, 0.2) is 59.4 Å². The van der Waals surface area contributed by atoms with E-state index in [1.807, 2.05) is 49.4 Å². The molecule has 0 saturated carbocycles. The van der Waals surface area contributed by atoms with Crippen LogP contribution in [0, 0.1) is 6.92 Å². The summed E-state index contributed by atoms with van der Waals surface area (Å²) in [6.07, 6.45) is 0.900. The monoisotopic (exact) mass is 343 g/mol. The number of hydrogen-bond donors (Lipinski definition) is 1. The van der Waals surface area contributed by atoms with Crippen LogP contribution in [0.2, 0.25) is 0 Å². The molecule has 5 heteroatoms. The quantitative estimate of drug-likeness (QED) is 0.605. The molecule has 1 aliphatic rings. The lowest BCUT2D eigenvalue weighted by atomic mass is 10.0. The minimum atomic E-state index is -0.143. The number of nitrogens with zero attached hydrogens (tertiary/aromatic N) is 2. The van der Waals surface area contributed by atoms with E-state index in [4.69, 9.17) is 4.74 Å². The molecule has 128 valence electrons. The van der Waals surface area contributed by atoms with Crippen LogP contribution in [0.25, 0.3) is 28.0 Å². The Morgan fingerprint density at radius 3 is 2.77 bits per heavy atom. The standard InChI is InChI=1S/C21H17N3O2/c1-13-20(14-5-3-2-4-6-14)21-22-17(12-19(25)24(21)23-13)15-7-8-18-16(11-15)9-10-26-18/h2-8,11-12,22H,9-10H2,1H3. The Bertz CT molecular complexity index is 1190. The molecule has 0 unspecified atom stereocenters. The maximum Gasteiger partial charge on any atom is 0.274 e. The number of aryl methyl sites for hydroxylation is 1. The summed E-state index contributed by atoms with van der Waals surface area (Å²) >= 11 is 0. The predicted octanol–water partition coefficient (Wildman–Crippen LogP) is 3.60. The first-order valence-corrected chi connectivity index (χ1v) is 8.65. The van der Waals surface area contributed by atoms with Gasteiger partial charge in [0.1, 0.15) is 11.4 Å². The number of H-pyrrole nitrogens is 1. The smallest absolute Gasteiger partial charge is 0.274 e. The first kappa shape index (κ1) is 15.0. The van der Waals surface area contributed by atoms with Gasteiger partial charge in [0.15, 0.2) is 0 Å². The van der Waals surface area contributed by atoms with Gasteiger partial charge in [-0.15, -0.1) is 0 Å². The second-order valence-corrected chi connectivity index (χ2v) is 6.53. The number of hydrogen-bond acceptors (Lipinski definition) is 3. The summed E-state index contributed by atoms with van der Waals surface area (Å²) in [6, 6.07) is 17.7. The Kier molecular flexibility index (Phi) is 3.22. The van der Waals surface area contributed by atoms with Gasteiger partial charge in [-0.05, 0) is 41.8 Å². The Hall–Kier alpha value is -3.34. The average Bonchev–Trinajstić information content (AvgIpc) is 3.25. The third kappa shape index (κ3) is 2.24. The normalized spacial score (nSPS) is 13.0. The molecule has 0 spiro atoms. The van der Waals surface area contributed by atoms with E-state index in [-0.39, 0.29) is 5.56 Å². The molecule has 2 aromatic carbocycles. The molecule has 1 N–H and O–H groups in total. The fourth-order valence-corrected chi connectivity index (χ4v) is 3.61. The van der Waals surface area contributed by atoms with Gasteiger partial charge in [0.05, 0.1) is 18.0 Å². The lowest BCUT2D eigenvalue weighted by molar-refractivity contribution is 0.357. The van der Waals surface area contributed by atoms with Gasteiger partial charge in [-0.25, -0.2) is 0 Å². The zero-order valence-electron chi connectivity index (χ0n) is 14.3. The summed E-state index contributed by atoms with van der Waals surface area (Å²) in [7, 11) is 0. The van der Waals surface area contributed by atoms with Crippen molar-refractivity contribution in [3.63, 3.8) is 0 Å². The third-order valence-corrected chi connectivity index (χ3v) is 4.85. The highest BCUT2D eigenvalue weighted by Gasteiger charge is 2.17. The van der Waals surface area contributed by atoms with Crippen molar-refractivity contribution in [2.45, 2.75) is 13.3 Å². The SMILES string of the molecule is Cc1nn2c(=O)cc(-c3ccc4c(c3)CCO4)[nH]c2c1-c1ccccc1. The summed E-state index contributed by atoms with van der Waals surface area (Å²) in [5.74, 6) is 0.933. The van der Waals surface area contributed by atoms with Crippen molar-refractivity contribution in [2.24, 2.45) is 0 Å². The highest BCUT2D eigenvalue weighted by Crippen LogP contribution is 2.31. The molecular formula is C21H17N3O2. The van der Waals surface area contributed by atoms with Crippen molar-refractivity contribution in [1.29, 1.82) is 0 Å². The Morgan fingerprint density at radius 2 is 1.92 bits per heavy atom. The zero-order valence-corrected chi connectivity index (χ0v) is 14.3. The molecule has 3 heterocycles. The van der Waals surface area contributed by atoms with Crippen LogP contribution in [-0.2, 0) is 6.42 Å². The van der Waals surface area contributed by atoms with Crippen molar-refractivity contribution in [1.82, 2.24) is 14.6 Å². The summed E-state index contributed by atoms with van der Waals surface area (Å²) in [5.41, 5.74) is 6.33. The predicted molar refractivity (Wildman–Crippen MR) is 101 cm³/mol. The Labute approximate surface area is 149 Å². The molecule has 4 aromatic rings. The lowest BCUT2D eigenvalue weighted by Crippen LogP contribution is -2.14. The number of aromatic nitrogens is 3. The number of ether oxygens (including phenoxy) is 1. The number of aromatic amines is 1. The van der Waals surface area contributed by atoms with E-state index in [1.165, 1.54) is 10.1 Å². The van der Waals surface area contributed by atoms with Crippen LogP contribution in [0.4, 0.5) is 0 Å². The fourth-order valence-electron chi connectivity index (χ4n) is 3.61. The van der Waals surface area contributed by atoms with Crippen LogP contribution in [-0.4, -0.2) is 21.2 Å². The molecule has 5 nitrogen and oxygen atoms in total. The van der Waals surface area contributed by atoms with Gasteiger partial charge in [-0.1, -0.05) is 30.3 Å². The van der Waals surface area contributed by atoms with Crippen molar-refractivity contribution in [3.8, 4) is 28.1 Å². The topological polar surface area (TPSA) is 59.4 Å². The molecule has 0 radical (unpaired) electrons. The fraction of sp³-hybridized carbons (Fsp3) is 0.143. The van der Waals surface area contributed by atoms with Crippen LogP contribution >= 0.6 is 0 Å². The van der Waals surface area contributed by atoms with Gasteiger partial charge in [0, 0.05) is 18.1 Å². The van der Waals surface area contributed by atoms with E-state index in [0.29, 0.717) is 12.3 Å². The van der Waals surface area contributed by atoms with Gasteiger partial charge >= 0.3 is 0 Å². The summed E-state index contributed by atoms with van der Waals surface area (Å²) < 4.78 is 7.02. The summed E-state index contributed by atoms with van der Waals surface area (Å²) in [4.78, 5) is 16.1. The van der Waals surface area contributed by atoms with Gasteiger partial charge < -0.3 is 9.72 Å². The first-order chi connectivity index (χ1) is 12.7. The van der Waals surface area contributed by atoms with Gasteiger partial charge in [-0.2, -0.15) is 9.61 Å². The van der Waals surface area contributed by atoms with Gasteiger partial charge in [0.25, 0.3) is 5.56 Å². The third-order valence-electron chi connectivity index (χ3n) is 4.85. The molecule has 2 aromatic heterocycles. The van der Waals surface area contributed by atoms with Crippen molar-refractivity contribution in [3.05, 3.63) is 76.2 Å². The molecule has 0 bridgehead atoms. The molecule has 0 saturated heterocycles. The maximum absolute atomic E-state index is 12.7. The highest BCUT2D eigenvalue weighted by atomic mass is 16.5. The zero-order chi connectivity index (χ0) is 17.7. The van der Waals surface area contributed by atoms with Crippen molar-refractivity contribution < 1.29 is 4.74 Å². The molecule has 1 aliphatic heterocycles. The van der Waals surface area contributed by atoms with Gasteiger partial charge in [0.2, 0.25) is 0 Å². The Balaban J connectivity index is 1.75. The van der Waals surface area contributed by atoms with E-state index in [0.717, 1.165) is 40.2 Å². The average molecular weight is 343 g/mol. The maximum atomic E-state index is 12.7. The Morgan fingerprint density at radius 1 is 1.08 bits per heavy atom. The van der Waals surface area contributed by atoms with Crippen molar-refractivity contribution >= 4 is 5.65 Å². The molecular weight excluding hydrogens is 326 g/mol. The van der Waals surface area contributed by atoms with E-state index < -0.39 is 0 Å². The largest absolute Gasteiger partial charge is 0.493 e. The molecule has 5 rings (SSSR count). The molecule has 0 atom stereocenters. The minimum absolute atomic E-state index is 0.143. The minimum Gasteiger partial charge on any atom is -0.493 e. The molecule has 0 amide bonds. The number of nitrogens with one attached hydrogen (secondary N) is 1. The summed E-state index contributed by atoms with van der Waals surface area (Å²) in [6.45, 7) is 2.64. The second-order valence-electron chi connectivity index (χ2n) is 6.53. The highest BCUT2D eigenvalue weighted by molar-refractivity contribution is 5.81. The number of rotatable bonds is 2. The van der Waals surface area contributed by atoms with E-state index in [1.54, 1.807) is 6.07 Å². The lowest BCUT2D eigenvalue weighted by Gasteiger charge is -2.07. The van der Waals surface area contributed by atoms with Crippen LogP contribution in [0.5, 0.6) is 5.75 Å². The van der Waals surface area contributed by atoms with E-state index >= 15 is 0 Å². The van der Waals surface area contributed by atoms with E-state index in [2.05, 4.69) is 16.1 Å². The van der Waals surface area contributed by atoms with Gasteiger partial charge in [-0.3, -0.25) is 4.79 Å². The van der Waals surface area contributed by atoms with Crippen LogP contribution < -0.4 is 10.3 Å². The van der Waals surface area contributed by atoms with E-state index in [9.17, 15) is 4.79 Å².